The summed E-state index contributed by atoms with van der Waals surface area (Å²) in [6, 6.07) is 8.92. The zero-order valence-corrected chi connectivity index (χ0v) is 22.9. The molecule has 0 aliphatic rings. The highest BCUT2D eigenvalue weighted by Crippen LogP contribution is 2.43. The number of benzene rings is 2. The van der Waals surface area contributed by atoms with Crippen LogP contribution in [0.4, 0.5) is 0 Å². The Morgan fingerprint density at radius 2 is 1.53 bits per heavy atom. The Morgan fingerprint density at radius 3 is 2.00 bits per heavy atom. The van der Waals surface area contributed by atoms with Crippen LogP contribution in [-0.4, -0.2) is 41.3 Å². The molecule has 0 saturated heterocycles. The first kappa shape index (κ1) is 25.7. The van der Waals surface area contributed by atoms with E-state index in [0.717, 1.165) is 5.38 Å². The van der Waals surface area contributed by atoms with E-state index in [1.807, 2.05) is 26.0 Å². The van der Waals surface area contributed by atoms with Gasteiger partial charge in [-0.25, -0.2) is 0 Å². The molecule has 184 valence electrons. The molecular formula is C27H36O6Si. The van der Waals surface area contributed by atoms with Crippen molar-refractivity contribution in [3.05, 3.63) is 41.5 Å². The van der Waals surface area contributed by atoms with E-state index in [-0.39, 0.29) is 16.9 Å². The quantitative estimate of drug-likeness (QED) is 0.280. The van der Waals surface area contributed by atoms with Gasteiger partial charge in [0.05, 0.1) is 38.4 Å². The van der Waals surface area contributed by atoms with Gasteiger partial charge in [-0.05, 0) is 43.2 Å². The Balaban J connectivity index is 2.40. The van der Waals surface area contributed by atoms with Gasteiger partial charge in [0.25, 0.3) is 0 Å². The van der Waals surface area contributed by atoms with Crippen LogP contribution in [0.3, 0.4) is 0 Å². The maximum atomic E-state index is 14.1. The maximum absolute atomic E-state index is 14.1. The molecule has 0 saturated carbocycles. The molecule has 3 rings (SSSR count). The van der Waals surface area contributed by atoms with Crippen LogP contribution >= 0.6 is 0 Å². The average molecular weight is 485 g/mol. The topological polar surface area (TPSA) is 67.1 Å². The molecule has 1 aromatic heterocycles. The van der Waals surface area contributed by atoms with Crippen LogP contribution in [0.2, 0.25) is 18.1 Å². The Morgan fingerprint density at radius 1 is 0.941 bits per heavy atom. The third-order valence-electron chi connectivity index (χ3n) is 6.63. The van der Waals surface area contributed by atoms with Gasteiger partial charge in [-0.2, -0.15) is 0 Å². The monoisotopic (exact) mass is 484 g/mol. The van der Waals surface area contributed by atoms with Gasteiger partial charge in [0.1, 0.15) is 19.6 Å². The largest absolute Gasteiger partial charge is 0.497 e. The minimum atomic E-state index is -2.28. The highest BCUT2D eigenvalue weighted by Gasteiger charge is 2.44. The fraction of sp³-hybridized carbons (Fsp3) is 0.444. The maximum Gasteiger partial charge on any atom is 0.205 e. The van der Waals surface area contributed by atoms with E-state index in [1.54, 1.807) is 39.5 Å². The van der Waals surface area contributed by atoms with E-state index in [2.05, 4.69) is 33.9 Å². The lowest BCUT2D eigenvalue weighted by atomic mass is 10.0. The lowest BCUT2D eigenvalue weighted by molar-refractivity contribution is 0.104. The van der Waals surface area contributed by atoms with Crippen molar-refractivity contribution in [2.45, 2.75) is 58.9 Å². The summed E-state index contributed by atoms with van der Waals surface area (Å²) in [4.78, 5) is 14.1. The summed E-state index contributed by atoms with van der Waals surface area (Å²) < 4.78 is 29.1. The second-order valence-corrected chi connectivity index (χ2v) is 15.5. The fourth-order valence-corrected chi connectivity index (χ4v) is 5.63. The molecule has 0 atom stereocenters. The van der Waals surface area contributed by atoms with Crippen molar-refractivity contribution < 1.29 is 28.2 Å². The predicted octanol–water partition coefficient (Wildman–Crippen LogP) is 6.19. The zero-order chi connectivity index (χ0) is 25.4. The molecule has 1 heterocycles. The molecule has 0 spiro atoms. The third-order valence-corrected chi connectivity index (χ3v) is 11.9. The highest BCUT2D eigenvalue weighted by atomic mass is 28.3. The number of hydrogen-bond acceptors (Lipinski definition) is 6. The van der Waals surface area contributed by atoms with Gasteiger partial charge >= 0.3 is 0 Å². The molecule has 7 heteroatoms. The van der Waals surface area contributed by atoms with Gasteiger partial charge in [0, 0.05) is 17.0 Å². The fourth-order valence-electron chi connectivity index (χ4n) is 3.72. The number of ketones is 1. The number of furan rings is 1. The summed E-state index contributed by atoms with van der Waals surface area (Å²) in [6.07, 6.45) is -0.0947. The molecular weight excluding hydrogens is 448 g/mol. The van der Waals surface area contributed by atoms with Gasteiger partial charge in [0.15, 0.2) is 17.1 Å². The van der Waals surface area contributed by atoms with Crippen LogP contribution in [0.1, 0.15) is 50.5 Å². The summed E-state index contributed by atoms with van der Waals surface area (Å²) in [6.45, 7) is 14.9. The first-order valence-electron chi connectivity index (χ1n) is 11.4. The van der Waals surface area contributed by atoms with E-state index < -0.39 is 8.07 Å². The number of ether oxygens (including phenoxy) is 4. The van der Waals surface area contributed by atoms with Crippen molar-refractivity contribution in [2.24, 2.45) is 0 Å². The molecule has 6 nitrogen and oxygen atoms in total. The summed E-state index contributed by atoms with van der Waals surface area (Å²) in [5.41, 5.74) is 1.57. The summed E-state index contributed by atoms with van der Waals surface area (Å²) in [5.74, 6) is 2.04. The van der Waals surface area contributed by atoms with Crippen molar-refractivity contribution in [3.8, 4) is 23.0 Å². The van der Waals surface area contributed by atoms with E-state index in [1.165, 1.54) is 0 Å². The van der Waals surface area contributed by atoms with Gasteiger partial charge in [-0.15, -0.1) is 0 Å². The molecule has 0 unspecified atom stereocenters. The summed E-state index contributed by atoms with van der Waals surface area (Å²) in [5, 5.41) is 1.39. The van der Waals surface area contributed by atoms with E-state index in [4.69, 9.17) is 23.4 Å². The second kappa shape index (κ2) is 9.37. The van der Waals surface area contributed by atoms with Crippen molar-refractivity contribution in [2.75, 3.05) is 21.3 Å². The molecule has 0 amide bonds. The SMILES string of the molecule is COc1cc(OC)cc(C(=O)c2c([Si](C)(C)C(C)(C)C)oc3c(OC(C)C)c(OC)ccc23)c1. The van der Waals surface area contributed by atoms with Gasteiger partial charge in [-0.3, -0.25) is 4.79 Å². The zero-order valence-electron chi connectivity index (χ0n) is 21.9. The Kier molecular flexibility index (Phi) is 7.08. The molecule has 0 radical (unpaired) electrons. The van der Waals surface area contributed by atoms with Crippen molar-refractivity contribution in [1.82, 2.24) is 0 Å². The number of carbonyl (C=O) groups excluding carboxylic acids is 1. The standard InChI is InChI=1S/C27H36O6Si/c1-16(2)32-25-21(31-8)12-11-20-22(26(33-24(20)25)34(9,10)27(3,4)5)23(28)17-13-18(29-6)15-19(14-17)30-7/h11-16H,1-10H3. The van der Waals surface area contributed by atoms with Gasteiger partial charge in [-0.1, -0.05) is 33.9 Å². The molecule has 0 aliphatic heterocycles. The van der Waals surface area contributed by atoms with Crippen LogP contribution in [0.5, 0.6) is 23.0 Å². The van der Waals surface area contributed by atoms with Gasteiger partial charge in [0.2, 0.25) is 5.75 Å². The van der Waals surface area contributed by atoms with Crippen molar-refractivity contribution in [1.29, 1.82) is 0 Å². The third kappa shape index (κ3) is 4.53. The first-order chi connectivity index (χ1) is 15.8. The number of carbonyl (C=O) groups is 1. The molecule has 3 aromatic rings. The number of hydrogen-bond donors (Lipinski definition) is 0. The number of rotatable bonds is 8. The van der Waals surface area contributed by atoms with E-state index >= 15 is 0 Å². The van der Waals surface area contributed by atoms with Crippen molar-refractivity contribution >= 4 is 30.2 Å². The molecule has 2 aromatic carbocycles. The predicted molar refractivity (Wildman–Crippen MR) is 138 cm³/mol. The van der Waals surface area contributed by atoms with Crippen LogP contribution in [-0.2, 0) is 0 Å². The second-order valence-electron chi connectivity index (χ2n) is 10.3. The number of fused-ring (bicyclic) bond motifs is 1. The minimum Gasteiger partial charge on any atom is -0.497 e. The first-order valence-corrected chi connectivity index (χ1v) is 14.4. The average Bonchev–Trinajstić information content (AvgIpc) is 3.18. The van der Waals surface area contributed by atoms with Crippen LogP contribution in [0, 0.1) is 0 Å². The molecule has 0 aliphatic carbocycles. The minimum absolute atomic E-state index is 0.0644. The normalized spacial score (nSPS) is 12.2. The van der Waals surface area contributed by atoms with Gasteiger partial charge < -0.3 is 23.4 Å². The van der Waals surface area contributed by atoms with Crippen LogP contribution < -0.4 is 24.3 Å². The Bertz CT molecular complexity index is 1180. The summed E-state index contributed by atoms with van der Waals surface area (Å²) in [7, 11) is 2.45. The summed E-state index contributed by atoms with van der Waals surface area (Å²) >= 11 is 0. The molecule has 0 fully saturated rings. The lowest BCUT2D eigenvalue weighted by Gasteiger charge is -2.35. The van der Waals surface area contributed by atoms with Crippen LogP contribution in [0.15, 0.2) is 34.7 Å². The van der Waals surface area contributed by atoms with E-state index in [0.29, 0.717) is 45.1 Å². The molecule has 0 N–H and O–H groups in total. The smallest absolute Gasteiger partial charge is 0.205 e. The molecule has 0 bridgehead atoms. The van der Waals surface area contributed by atoms with E-state index in [9.17, 15) is 4.79 Å². The Labute approximate surface area is 203 Å². The number of methoxy groups -OCH3 is 3. The molecule has 34 heavy (non-hydrogen) atoms. The highest BCUT2D eigenvalue weighted by molar-refractivity contribution is 6.92. The lowest BCUT2D eigenvalue weighted by Crippen LogP contribution is -2.50. The Hall–Kier alpha value is -2.93. The van der Waals surface area contributed by atoms with Crippen molar-refractivity contribution in [3.63, 3.8) is 0 Å². The van der Waals surface area contributed by atoms with Crippen LogP contribution in [0.25, 0.3) is 11.0 Å².